The molecule has 0 aliphatic heterocycles. The van der Waals surface area contributed by atoms with Crippen LogP contribution < -0.4 is 5.32 Å². The number of hydrogen-bond donors (Lipinski definition) is 1. The van der Waals surface area contributed by atoms with E-state index in [0.717, 1.165) is 18.4 Å². The molecule has 12 heavy (non-hydrogen) atoms. The fraction of sp³-hybridized carbons (Fsp3) is 0.818. The molecule has 0 aromatic heterocycles. The summed E-state index contributed by atoms with van der Waals surface area (Å²) in [6.45, 7) is 12.5. The largest absolute Gasteiger partial charge is 0.313 e. The average molecular weight is 167 g/mol. The summed E-state index contributed by atoms with van der Waals surface area (Å²) in [5.41, 5.74) is 3.18. The lowest BCUT2D eigenvalue weighted by atomic mass is 9.95. The maximum Gasteiger partial charge on any atom is 0.0192 e. The number of rotatable bonds is 2. The van der Waals surface area contributed by atoms with Crippen molar-refractivity contribution in [2.75, 3.05) is 6.54 Å². The maximum absolute atomic E-state index is 3.56. The minimum absolute atomic E-state index is 0.676. The van der Waals surface area contributed by atoms with E-state index < -0.39 is 0 Å². The zero-order chi connectivity index (χ0) is 9.30. The van der Waals surface area contributed by atoms with Crippen LogP contribution in [0.25, 0.3) is 0 Å². The first-order valence-corrected chi connectivity index (χ1v) is 5.00. The van der Waals surface area contributed by atoms with Crippen LogP contribution in [-0.4, -0.2) is 12.6 Å². The molecule has 70 valence electrons. The summed E-state index contributed by atoms with van der Waals surface area (Å²) in [5, 5.41) is 3.56. The van der Waals surface area contributed by atoms with Crippen LogP contribution in [0.4, 0.5) is 0 Å². The van der Waals surface area contributed by atoms with Gasteiger partial charge < -0.3 is 5.32 Å². The monoisotopic (exact) mass is 167 g/mol. The van der Waals surface area contributed by atoms with Crippen molar-refractivity contribution in [2.24, 2.45) is 11.8 Å². The third kappa shape index (κ3) is 1.42. The van der Waals surface area contributed by atoms with Gasteiger partial charge in [0.2, 0.25) is 0 Å². The summed E-state index contributed by atoms with van der Waals surface area (Å²) in [4.78, 5) is 0. The highest BCUT2D eigenvalue weighted by molar-refractivity contribution is 5.25. The predicted molar refractivity (Wildman–Crippen MR) is 54.2 cm³/mol. The minimum Gasteiger partial charge on any atom is -0.313 e. The van der Waals surface area contributed by atoms with Gasteiger partial charge in [0.05, 0.1) is 0 Å². The van der Waals surface area contributed by atoms with Crippen LogP contribution in [0.15, 0.2) is 11.1 Å². The Balaban J connectivity index is 2.73. The van der Waals surface area contributed by atoms with Crippen LogP contribution in [-0.2, 0) is 0 Å². The summed E-state index contributed by atoms with van der Waals surface area (Å²) in [7, 11) is 0. The van der Waals surface area contributed by atoms with E-state index in [0.29, 0.717) is 6.04 Å². The van der Waals surface area contributed by atoms with Gasteiger partial charge in [0, 0.05) is 6.04 Å². The molecule has 0 amide bonds. The van der Waals surface area contributed by atoms with Gasteiger partial charge in [-0.2, -0.15) is 0 Å². The van der Waals surface area contributed by atoms with Crippen LogP contribution in [0.1, 0.15) is 34.6 Å². The molecule has 0 heterocycles. The van der Waals surface area contributed by atoms with Crippen LogP contribution in [0, 0.1) is 11.8 Å². The molecule has 1 aliphatic carbocycles. The zero-order valence-corrected chi connectivity index (χ0v) is 8.94. The fourth-order valence-corrected chi connectivity index (χ4v) is 2.28. The van der Waals surface area contributed by atoms with E-state index >= 15 is 0 Å². The fourth-order valence-electron chi connectivity index (χ4n) is 2.28. The van der Waals surface area contributed by atoms with Crippen LogP contribution in [0.2, 0.25) is 0 Å². The molecule has 2 unspecified atom stereocenters. The Morgan fingerprint density at radius 1 is 1.08 bits per heavy atom. The summed E-state index contributed by atoms with van der Waals surface area (Å²) in [6, 6.07) is 0.676. The highest BCUT2D eigenvalue weighted by atomic mass is 14.9. The van der Waals surface area contributed by atoms with E-state index in [4.69, 9.17) is 0 Å². The van der Waals surface area contributed by atoms with E-state index in [2.05, 4.69) is 39.9 Å². The SMILES string of the molecule is CCNC1C(C)C(C)=C(C)C1C. The second kappa shape index (κ2) is 3.61. The highest BCUT2D eigenvalue weighted by Gasteiger charge is 2.32. The third-order valence-corrected chi connectivity index (χ3v) is 3.51. The summed E-state index contributed by atoms with van der Waals surface area (Å²) in [5.74, 6) is 1.44. The van der Waals surface area contributed by atoms with Crippen LogP contribution in [0.3, 0.4) is 0 Å². The second-order valence-corrected chi connectivity index (χ2v) is 4.03. The first-order valence-electron chi connectivity index (χ1n) is 5.00. The Bertz CT molecular complexity index is 175. The normalized spacial score (nSPS) is 36.2. The second-order valence-electron chi connectivity index (χ2n) is 4.03. The molecule has 1 N–H and O–H groups in total. The Kier molecular flexibility index (Phi) is 2.94. The van der Waals surface area contributed by atoms with E-state index in [1.165, 1.54) is 0 Å². The van der Waals surface area contributed by atoms with Gasteiger partial charge in [-0.1, -0.05) is 31.9 Å². The van der Waals surface area contributed by atoms with Crippen molar-refractivity contribution in [1.29, 1.82) is 0 Å². The van der Waals surface area contributed by atoms with Crippen molar-refractivity contribution in [2.45, 2.75) is 40.7 Å². The molecule has 1 rings (SSSR count). The zero-order valence-electron chi connectivity index (χ0n) is 8.94. The molecule has 0 saturated carbocycles. The molecule has 1 nitrogen and oxygen atoms in total. The summed E-state index contributed by atoms with van der Waals surface area (Å²) in [6.07, 6.45) is 0. The quantitative estimate of drug-likeness (QED) is 0.623. The molecule has 0 saturated heterocycles. The Morgan fingerprint density at radius 2 is 1.50 bits per heavy atom. The highest BCUT2D eigenvalue weighted by Crippen LogP contribution is 2.35. The van der Waals surface area contributed by atoms with E-state index in [9.17, 15) is 0 Å². The predicted octanol–water partition coefficient (Wildman–Crippen LogP) is 2.59. The van der Waals surface area contributed by atoms with Crippen molar-refractivity contribution in [1.82, 2.24) is 5.32 Å². The van der Waals surface area contributed by atoms with Crippen molar-refractivity contribution in [3.63, 3.8) is 0 Å². The Hall–Kier alpha value is -0.300. The molecule has 1 heteroatoms. The molecule has 0 aromatic carbocycles. The smallest absolute Gasteiger partial charge is 0.0192 e. The van der Waals surface area contributed by atoms with Crippen LogP contribution >= 0.6 is 0 Å². The molecule has 2 atom stereocenters. The van der Waals surface area contributed by atoms with E-state index in [1.807, 2.05) is 0 Å². The molecular formula is C11H21N. The summed E-state index contributed by atoms with van der Waals surface area (Å²) >= 11 is 0. The molecule has 0 bridgehead atoms. The van der Waals surface area contributed by atoms with Crippen molar-refractivity contribution < 1.29 is 0 Å². The van der Waals surface area contributed by atoms with Gasteiger partial charge in [0.15, 0.2) is 0 Å². The number of hydrogen-bond acceptors (Lipinski definition) is 1. The minimum atomic E-state index is 0.676. The summed E-state index contributed by atoms with van der Waals surface area (Å²) < 4.78 is 0. The molecule has 1 aliphatic rings. The Morgan fingerprint density at radius 3 is 1.83 bits per heavy atom. The molecule has 0 aromatic rings. The van der Waals surface area contributed by atoms with Gasteiger partial charge in [0.1, 0.15) is 0 Å². The first kappa shape index (κ1) is 9.79. The number of nitrogens with one attached hydrogen (secondary N) is 1. The van der Waals surface area contributed by atoms with Gasteiger partial charge in [-0.15, -0.1) is 0 Å². The van der Waals surface area contributed by atoms with Gasteiger partial charge in [-0.05, 0) is 32.2 Å². The average Bonchev–Trinajstić information content (AvgIpc) is 2.23. The standard InChI is InChI=1S/C11H21N/c1-6-12-11-9(4)7(2)8(3)10(11)5/h9-12H,6H2,1-5H3. The third-order valence-electron chi connectivity index (χ3n) is 3.51. The van der Waals surface area contributed by atoms with Crippen molar-refractivity contribution in [3.8, 4) is 0 Å². The molecule has 0 fully saturated rings. The van der Waals surface area contributed by atoms with E-state index in [-0.39, 0.29) is 0 Å². The van der Waals surface area contributed by atoms with Gasteiger partial charge in [-0.25, -0.2) is 0 Å². The maximum atomic E-state index is 3.56. The lowest BCUT2D eigenvalue weighted by Crippen LogP contribution is -2.36. The van der Waals surface area contributed by atoms with E-state index in [1.54, 1.807) is 11.1 Å². The first-order chi connectivity index (χ1) is 5.59. The molecule has 0 radical (unpaired) electrons. The Labute approximate surface area is 76.2 Å². The lowest BCUT2D eigenvalue weighted by molar-refractivity contribution is 0.383. The van der Waals surface area contributed by atoms with Crippen LogP contribution in [0.5, 0.6) is 0 Å². The lowest BCUT2D eigenvalue weighted by Gasteiger charge is -2.22. The molecular weight excluding hydrogens is 146 g/mol. The van der Waals surface area contributed by atoms with Crippen molar-refractivity contribution in [3.05, 3.63) is 11.1 Å². The topological polar surface area (TPSA) is 12.0 Å². The van der Waals surface area contributed by atoms with Gasteiger partial charge >= 0.3 is 0 Å². The van der Waals surface area contributed by atoms with Crippen molar-refractivity contribution >= 4 is 0 Å². The van der Waals surface area contributed by atoms with Gasteiger partial charge in [-0.3, -0.25) is 0 Å². The molecule has 0 spiro atoms. The van der Waals surface area contributed by atoms with Gasteiger partial charge in [0.25, 0.3) is 0 Å².